The fourth-order valence-electron chi connectivity index (χ4n) is 4.55. The first kappa shape index (κ1) is 25.1. The third-order valence-electron chi connectivity index (χ3n) is 6.47. The van der Waals surface area contributed by atoms with Crippen molar-refractivity contribution in [2.24, 2.45) is 5.73 Å². The molecule has 1 heterocycles. The van der Waals surface area contributed by atoms with Gasteiger partial charge in [-0.3, -0.25) is 14.4 Å². The molecule has 0 spiro atoms. The van der Waals surface area contributed by atoms with E-state index in [1.54, 1.807) is 42.5 Å². The number of nitrogens with one attached hydrogen (secondary N) is 1. The molecule has 8 heteroatoms. The van der Waals surface area contributed by atoms with Crippen LogP contribution in [-0.4, -0.2) is 51.6 Å². The summed E-state index contributed by atoms with van der Waals surface area (Å²) in [5.41, 5.74) is 9.05. The summed E-state index contributed by atoms with van der Waals surface area (Å²) in [5, 5.41) is 23.4. The number of aliphatic hydroxyl groups is 2. The van der Waals surface area contributed by atoms with Crippen LogP contribution in [0.3, 0.4) is 0 Å². The lowest BCUT2D eigenvalue weighted by Gasteiger charge is -2.28. The Morgan fingerprint density at radius 3 is 2.28 bits per heavy atom. The molecular formula is C28H29N3O5. The maximum Gasteiger partial charge on any atom is 0.255 e. The largest absolute Gasteiger partial charge is 0.380 e. The number of aliphatic hydroxyl groups excluding tert-OH is 2. The number of nitrogens with zero attached hydrogens (tertiary/aromatic N) is 1. The summed E-state index contributed by atoms with van der Waals surface area (Å²) in [5.74, 6) is -2.02. The van der Waals surface area contributed by atoms with E-state index in [1.165, 1.54) is 4.90 Å². The van der Waals surface area contributed by atoms with Crippen molar-refractivity contribution < 1.29 is 24.6 Å². The molecule has 0 aliphatic carbocycles. The SMILES string of the molecule is NC(=O)c1ccccc1-c1ccc(CNC(=O)[C@H](O)[C@@H](O)C(=O)N2CCC[C@@H]2c2ccccc2)cc1. The summed E-state index contributed by atoms with van der Waals surface area (Å²) < 4.78 is 0. The summed E-state index contributed by atoms with van der Waals surface area (Å²) in [4.78, 5) is 38.6. The van der Waals surface area contributed by atoms with Crippen molar-refractivity contribution in [1.29, 1.82) is 0 Å². The van der Waals surface area contributed by atoms with Crippen LogP contribution >= 0.6 is 0 Å². The summed E-state index contributed by atoms with van der Waals surface area (Å²) in [6.45, 7) is 0.542. The summed E-state index contributed by atoms with van der Waals surface area (Å²) in [6, 6.07) is 23.5. The van der Waals surface area contributed by atoms with Gasteiger partial charge in [0.05, 0.1) is 6.04 Å². The molecule has 0 aromatic heterocycles. The highest BCUT2D eigenvalue weighted by atomic mass is 16.3. The van der Waals surface area contributed by atoms with Gasteiger partial charge in [-0.1, -0.05) is 72.8 Å². The monoisotopic (exact) mass is 487 g/mol. The number of nitrogens with two attached hydrogens (primary N) is 1. The van der Waals surface area contributed by atoms with Gasteiger partial charge in [0, 0.05) is 18.7 Å². The maximum atomic E-state index is 12.9. The number of likely N-dealkylation sites (tertiary alicyclic amines) is 1. The van der Waals surface area contributed by atoms with Gasteiger partial charge >= 0.3 is 0 Å². The van der Waals surface area contributed by atoms with E-state index in [9.17, 15) is 24.6 Å². The number of carbonyl (C=O) groups is 3. The van der Waals surface area contributed by atoms with Gasteiger partial charge in [-0.25, -0.2) is 0 Å². The zero-order valence-corrected chi connectivity index (χ0v) is 19.7. The Morgan fingerprint density at radius 2 is 1.58 bits per heavy atom. The predicted molar refractivity (Wildman–Crippen MR) is 134 cm³/mol. The Balaban J connectivity index is 1.35. The molecular weight excluding hydrogens is 458 g/mol. The van der Waals surface area contributed by atoms with Crippen LogP contribution in [0.5, 0.6) is 0 Å². The molecule has 1 aliphatic rings. The number of hydrogen-bond donors (Lipinski definition) is 4. The average molecular weight is 488 g/mol. The number of primary amides is 1. The van der Waals surface area contributed by atoms with Crippen molar-refractivity contribution >= 4 is 17.7 Å². The highest BCUT2D eigenvalue weighted by Gasteiger charge is 2.38. The Morgan fingerprint density at radius 1 is 0.917 bits per heavy atom. The van der Waals surface area contributed by atoms with Gasteiger partial charge in [-0.2, -0.15) is 0 Å². The Kier molecular flexibility index (Phi) is 7.77. The number of carbonyl (C=O) groups excluding carboxylic acids is 3. The standard InChI is InChI=1S/C28H29N3O5/c29-26(34)22-10-5-4-9-21(22)19-14-12-18(13-15-19)17-30-27(35)24(32)25(33)28(36)31-16-6-11-23(31)20-7-2-1-3-8-20/h1-5,7-10,12-15,23-25,32-33H,6,11,16-17H2,(H2,29,34)(H,30,35)/t23-,24-,25-/m1/s1. The molecule has 1 saturated heterocycles. The zero-order chi connectivity index (χ0) is 25.7. The minimum Gasteiger partial charge on any atom is -0.380 e. The number of rotatable bonds is 8. The van der Waals surface area contributed by atoms with Crippen LogP contribution in [0.4, 0.5) is 0 Å². The first-order valence-corrected chi connectivity index (χ1v) is 11.8. The van der Waals surface area contributed by atoms with Crippen LogP contribution in [0.15, 0.2) is 78.9 Å². The Bertz CT molecular complexity index is 1230. The minimum absolute atomic E-state index is 0.0882. The fourth-order valence-corrected chi connectivity index (χ4v) is 4.55. The van der Waals surface area contributed by atoms with Crippen molar-refractivity contribution in [1.82, 2.24) is 10.2 Å². The molecule has 5 N–H and O–H groups in total. The lowest BCUT2D eigenvalue weighted by molar-refractivity contribution is -0.153. The topological polar surface area (TPSA) is 133 Å². The number of benzene rings is 3. The Hall–Kier alpha value is -4.01. The summed E-state index contributed by atoms with van der Waals surface area (Å²) in [6.07, 6.45) is -2.22. The van der Waals surface area contributed by atoms with E-state index >= 15 is 0 Å². The fraction of sp³-hybridized carbons (Fsp3) is 0.250. The Labute approximate surface area is 209 Å². The maximum absolute atomic E-state index is 12.9. The smallest absolute Gasteiger partial charge is 0.255 e. The van der Waals surface area contributed by atoms with Crippen molar-refractivity contribution in [3.8, 4) is 11.1 Å². The van der Waals surface area contributed by atoms with E-state index in [0.717, 1.165) is 29.5 Å². The quantitative estimate of drug-likeness (QED) is 0.386. The summed E-state index contributed by atoms with van der Waals surface area (Å²) in [7, 11) is 0. The molecule has 0 radical (unpaired) electrons. The van der Waals surface area contributed by atoms with E-state index in [0.29, 0.717) is 17.7 Å². The van der Waals surface area contributed by atoms with Gasteiger partial charge in [-0.05, 0) is 41.2 Å². The molecule has 0 unspecified atom stereocenters. The third kappa shape index (κ3) is 5.45. The second-order valence-corrected chi connectivity index (χ2v) is 8.81. The molecule has 1 aliphatic heterocycles. The lowest BCUT2D eigenvalue weighted by Crippen LogP contribution is -2.50. The van der Waals surface area contributed by atoms with E-state index in [1.807, 2.05) is 36.4 Å². The molecule has 186 valence electrons. The molecule has 0 saturated carbocycles. The van der Waals surface area contributed by atoms with Crippen LogP contribution in [0.2, 0.25) is 0 Å². The van der Waals surface area contributed by atoms with Crippen LogP contribution in [-0.2, 0) is 16.1 Å². The number of amides is 3. The average Bonchev–Trinajstić information content (AvgIpc) is 3.41. The van der Waals surface area contributed by atoms with Gasteiger partial charge in [-0.15, -0.1) is 0 Å². The predicted octanol–water partition coefficient (Wildman–Crippen LogP) is 2.15. The minimum atomic E-state index is -1.89. The van der Waals surface area contributed by atoms with Gasteiger partial charge in [0.25, 0.3) is 11.8 Å². The molecule has 3 aromatic rings. The molecule has 36 heavy (non-hydrogen) atoms. The van der Waals surface area contributed by atoms with Gasteiger partial charge < -0.3 is 26.2 Å². The molecule has 3 amide bonds. The highest BCUT2D eigenvalue weighted by Crippen LogP contribution is 2.32. The van der Waals surface area contributed by atoms with Gasteiger partial charge in [0.1, 0.15) is 0 Å². The van der Waals surface area contributed by atoms with E-state index in [-0.39, 0.29) is 12.6 Å². The lowest BCUT2D eigenvalue weighted by atomic mass is 9.98. The van der Waals surface area contributed by atoms with Crippen LogP contribution < -0.4 is 11.1 Å². The van der Waals surface area contributed by atoms with E-state index < -0.39 is 29.9 Å². The highest BCUT2D eigenvalue weighted by molar-refractivity contribution is 5.99. The van der Waals surface area contributed by atoms with Crippen LogP contribution in [0, 0.1) is 0 Å². The summed E-state index contributed by atoms with van der Waals surface area (Å²) >= 11 is 0. The molecule has 3 atom stereocenters. The van der Waals surface area contributed by atoms with E-state index in [2.05, 4.69) is 5.32 Å². The third-order valence-corrected chi connectivity index (χ3v) is 6.47. The molecule has 3 aromatic carbocycles. The van der Waals surface area contributed by atoms with Crippen molar-refractivity contribution in [3.05, 3.63) is 95.6 Å². The van der Waals surface area contributed by atoms with Gasteiger partial charge in [0.15, 0.2) is 12.2 Å². The second-order valence-electron chi connectivity index (χ2n) is 8.81. The van der Waals surface area contributed by atoms with Crippen molar-refractivity contribution in [2.75, 3.05) is 6.54 Å². The number of hydrogen-bond acceptors (Lipinski definition) is 5. The molecule has 1 fully saturated rings. The van der Waals surface area contributed by atoms with Crippen molar-refractivity contribution in [2.45, 2.75) is 37.6 Å². The first-order valence-electron chi connectivity index (χ1n) is 11.8. The van der Waals surface area contributed by atoms with Crippen LogP contribution in [0.25, 0.3) is 11.1 Å². The first-order chi connectivity index (χ1) is 17.4. The molecule has 8 nitrogen and oxygen atoms in total. The molecule has 4 rings (SSSR count). The van der Waals surface area contributed by atoms with Crippen LogP contribution in [0.1, 0.15) is 40.4 Å². The van der Waals surface area contributed by atoms with Gasteiger partial charge in [0.2, 0.25) is 5.91 Å². The normalized spacial score (nSPS) is 16.8. The second kappa shape index (κ2) is 11.2. The molecule has 0 bridgehead atoms. The van der Waals surface area contributed by atoms with E-state index in [4.69, 9.17) is 5.73 Å². The zero-order valence-electron chi connectivity index (χ0n) is 19.7. The van der Waals surface area contributed by atoms with Crippen molar-refractivity contribution in [3.63, 3.8) is 0 Å².